The molecule has 0 bridgehead atoms. The zero-order chi connectivity index (χ0) is 23.2. The average molecular weight is 446 g/mol. The Bertz CT molecular complexity index is 1110. The van der Waals surface area contributed by atoms with E-state index in [9.17, 15) is 14.9 Å². The first-order valence-electron chi connectivity index (χ1n) is 12.0. The number of fused-ring (bicyclic) bond motifs is 2. The van der Waals surface area contributed by atoms with Gasteiger partial charge in [-0.1, -0.05) is 44.5 Å². The number of nitrogens with one attached hydrogen (secondary N) is 1. The first-order valence-corrected chi connectivity index (χ1v) is 12.0. The van der Waals surface area contributed by atoms with E-state index in [0.717, 1.165) is 36.7 Å². The molecule has 2 saturated heterocycles. The fourth-order valence-electron chi connectivity index (χ4n) is 6.02. The predicted molar refractivity (Wildman–Crippen MR) is 125 cm³/mol. The summed E-state index contributed by atoms with van der Waals surface area (Å²) in [6.07, 6.45) is 6.87. The first kappa shape index (κ1) is 21.8. The molecule has 7 nitrogen and oxygen atoms in total. The molecule has 172 valence electrons. The van der Waals surface area contributed by atoms with Gasteiger partial charge < -0.3 is 10.2 Å². The van der Waals surface area contributed by atoms with Crippen LogP contribution < -0.4 is 5.32 Å². The van der Waals surface area contributed by atoms with Crippen molar-refractivity contribution in [2.45, 2.75) is 45.2 Å². The Morgan fingerprint density at radius 1 is 1.21 bits per heavy atom. The molecule has 5 rings (SSSR count). The molecule has 0 radical (unpaired) electrons. The van der Waals surface area contributed by atoms with Crippen molar-refractivity contribution < 1.29 is 9.59 Å². The van der Waals surface area contributed by atoms with E-state index in [0.29, 0.717) is 24.6 Å². The summed E-state index contributed by atoms with van der Waals surface area (Å²) in [4.78, 5) is 35.1. The van der Waals surface area contributed by atoms with Gasteiger partial charge in [0.25, 0.3) is 0 Å². The molecule has 2 aromatic rings. The van der Waals surface area contributed by atoms with E-state index >= 15 is 0 Å². The highest BCUT2D eigenvalue weighted by atomic mass is 16.2. The maximum atomic E-state index is 13.6. The van der Waals surface area contributed by atoms with Crippen LogP contribution in [0.15, 0.2) is 36.7 Å². The molecule has 0 spiro atoms. The number of carbonyl (C=O) groups is 2. The number of pyridine rings is 1. The number of piperidine rings is 2. The number of amides is 2. The normalized spacial score (nSPS) is 26.9. The average Bonchev–Trinajstić information content (AvgIpc) is 3.16. The van der Waals surface area contributed by atoms with Gasteiger partial charge in [0.1, 0.15) is 12.1 Å². The number of hydrogen-bond donors (Lipinski definition) is 1. The largest absolute Gasteiger partial charge is 0.335 e. The van der Waals surface area contributed by atoms with Crippen molar-refractivity contribution in [2.24, 2.45) is 17.3 Å². The van der Waals surface area contributed by atoms with Crippen LogP contribution in [0, 0.1) is 28.6 Å². The standard InChI is InChI=1S/C26H31N5O2/c1-26(2)20-15-31(22(32)16-30-10-6-3-7-11-30)24(23(20)26)25(33)29-21(12-27)19-14-28-13-17-8-4-5-9-18(17)19/h4-5,8-9,13-14,20-21,23-24H,3,6-7,10-11,15-16H2,1-2H3,(H,29,33)/t20-,21?,23-,24-/m0/s1. The molecule has 1 saturated carbocycles. The van der Waals surface area contributed by atoms with Gasteiger partial charge in [-0.25, -0.2) is 0 Å². The van der Waals surface area contributed by atoms with Gasteiger partial charge >= 0.3 is 0 Å². The lowest BCUT2D eigenvalue weighted by molar-refractivity contribution is -0.141. The van der Waals surface area contributed by atoms with Crippen molar-refractivity contribution in [3.05, 3.63) is 42.2 Å². The van der Waals surface area contributed by atoms with E-state index in [-0.39, 0.29) is 23.1 Å². The van der Waals surface area contributed by atoms with E-state index in [1.165, 1.54) is 6.42 Å². The summed E-state index contributed by atoms with van der Waals surface area (Å²) in [5.41, 5.74) is 0.715. The molecule has 1 N–H and O–H groups in total. The van der Waals surface area contributed by atoms with Crippen molar-refractivity contribution in [3.63, 3.8) is 0 Å². The van der Waals surface area contributed by atoms with Gasteiger partial charge in [0.2, 0.25) is 11.8 Å². The topological polar surface area (TPSA) is 89.3 Å². The van der Waals surface area contributed by atoms with Gasteiger partial charge in [0.05, 0.1) is 12.6 Å². The highest BCUT2D eigenvalue weighted by Gasteiger charge is 2.69. The minimum Gasteiger partial charge on any atom is -0.335 e. The number of carbonyl (C=O) groups excluding carboxylic acids is 2. The van der Waals surface area contributed by atoms with Gasteiger partial charge in [-0.05, 0) is 48.6 Å². The highest BCUT2D eigenvalue weighted by Crippen LogP contribution is 2.64. The molecule has 1 aliphatic carbocycles. The highest BCUT2D eigenvalue weighted by molar-refractivity contribution is 5.91. The molecule has 2 aliphatic heterocycles. The van der Waals surface area contributed by atoms with E-state index in [1.807, 2.05) is 24.3 Å². The van der Waals surface area contributed by atoms with Crippen LogP contribution >= 0.6 is 0 Å². The van der Waals surface area contributed by atoms with Gasteiger partial charge in [0, 0.05) is 29.9 Å². The summed E-state index contributed by atoms with van der Waals surface area (Å²) in [6, 6.07) is 8.61. The quantitative estimate of drug-likeness (QED) is 0.764. The molecule has 3 fully saturated rings. The summed E-state index contributed by atoms with van der Waals surface area (Å²) in [6.45, 7) is 7.23. The zero-order valence-corrected chi connectivity index (χ0v) is 19.3. The van der Waals surface area contributed by atoms with Crippen molar-refractivity contribution in [1.29, 1.82) is 5.26 Å². The second-order valence-electron chi connectivity index (χ2n) is 10.3. The van der Waals surface area contributed by atoms with Crippen LogP contribution in [0.2, 0.25) is 0 Å². The number of rotatable bonds is 5. The van der Waals surface area contributed by atoms with Crippen molar-refractivity contribution in [3.8, 4) is 6.07 Å². The maximum absolute atomic E-state index is 13.6. The number of aromatic nitrogens is 1. The van der Waals surface area contributed by atoms with Crippen LogP contribution in [0.5, 0.6) is 0 Å². The predicted octanol–water partition coefficient (Wildman–Crippen LogP) is 2.88. The summed E-state index contributed by atoms with van der Waals surface area (Å²) >= 11 is 0. The second kappa shape index (κ2) is 8.42. The summed E-state index contributed by atoms with van der Waals surface area (Å²) in [5.74, 6) is 0.256. The third-order valence-electron chi connectivity index (χ3n) is 8.03. The Labute approximate surface area is 194 Å². The lowest BCUT2D eigenvalue weighted by Crippen LogP contribution is -2.53. The molecular weight excluding hydrogens is 414 g/mol. The summed E-state index contributed by atoms with van der Waals surface area (Å²) < 4.78 is 0. The Morgan fingerprint density at radius 3 is 2.73 bits per heavy atom. The van der Waals surface area contributed by atoms with Crippen LogP contribution in [-0.2, 0) is 9.59 Å². The zero-order valence-electron chi connectivity index (χ0n) is 19.3. The number of nitriles is 1. The van der Waals surface area contributed by atoms with Crippen LogP contribution in [-0.4, -0.2) is 58.8 Å². The lowest BCUT2D eigenvalue weighted by atomic mass is 9.98. The number of benzene rings is 1. The third kappa shape index (κ3) is 3.87. The Hall–Kier alpha value is -2.98. The Morgan fingerprint density at radius 2 is 1.97 bits per heavy atom. The maximum Gasteiger partial charge on any atom is 0.244 e. The molecular formula is C26H31N5O2. The fourth-order valence-corrected chi connectivity index (χ4v) is 6.02. The third-order valence-corrected chi connectivity index (χ3v) is 8.03. The van der Waals surface area contributed by atoms with E-state index in [2.05, 4.69) is 35.1 Å². The first-order chi connectivity index (χ1) is 15.9. The van der Waals surface area contributed by atoms with Crippen molar-refractivity contribution in [2.75, 3.05) is 26.2 Å². The van der Waals surface area contributed by atoms with Gasteiger partial charge in [0.15, 0.2) is 0 Å². The van der Waals surface area contributed by atoms with E-state index in [4.69, 9.17) is 0 Å². The SMILES string of the molecule is CC1(C)[C@@H]2[C@@H](C(=O)NC(C#N)c3cncc4ccccc34)N(C(=O)CN3CCCCC3)C[C@@H]21. The van der Waals surface area contributed by atoms with E-state index in [1.54, 1.807) is 17.3 Å². The minimum absolute atomic E-state index is 0.0281. The Kier molecular flexibility index (Phi) is 5.57. The van der Waals surface area contributed by atoms with E-state index < -0.39 is 12.1 Å². The number of likely N-dealkylation sites (tertiary alicyclic amines) is 2. The van der Waals surface area contributed by atoms with Crippen molar-refractivity contribution in [1.82, 2.24) is 20.1 Å². The molecule has 7 heteroatoms. The van der Waals surface area contributed by atoms with Gasteiger partial charge in [-0.2, -0.15) is 5.26 Å². The molecule has 1 aromatic heterocycles. The van der Waals surface area contributed by atoms with Crippen LogP contribution in [0.25, 0.3) is 10.8 Å². The molecule has 33 heavy (non-hydrogen) atoms. The second-order valence-corrected chi connectivity index (χ2v) is 10.3. The number of nitrogens with zero attached hydrogens (tertiary/aromatic N) is 4. The van der Waals surface area contributed by atoms with Gasteiger partial charge in [-0.15, -0.1) is 0 Å². The number of hydrogen-bond acceptors (Lipinski definition) is 5. The lowest BCUT2D eigenvalue weighted by Gasteiger charge is -2.33. The monoisotopic (exact) mass is 445 g/mol. The molecule has 1 aromatic carbocycles. The Balaban J connectivity index is 1.36. The van der Waals surface area contributed by atoms with Gasteiger partial charge in [-0.3, -0.25) is 19.5 Å². The van der Waals surface area contributed by atoms with Crippen LogP contribution in [0.1, 0.15) is 44.7 Å². The van der Waals surface area contributed by atoms with Crippen molar-refractivity contribution >= 4 is 22.6 Å². The summed E-state index contributed by atoms with van der Waals surface area (Å²) in [5, 5.41) is 14.7. The fraction of sp³-hybridized carbons (Fsp3) is 0.538. The molecule has 1 unspecified atom stereocenters. The molecule has 3 aliphatic rings. The summed E-state index contributed by atoms with van der Waals surface area (Å²) in [7, 11) is 0. The molecule has 2 amide bonds. The van der Waals surface area contributed by atoms with Crippen LogP contribution in [0.3, 0.4) is 0 Å². The molecule has 4 atom stereocenters. The smallest absolute Gasteiger partial charge is 0.244 e. The minimum atomic E-state index is -0.823. The molecule has 3 heterocycles. The van der Waals surface area contributed by atoms with Crippen LogP contribution in [0.4, 0.5) is 0 Å².